The Hall–Kier alpha value is -1.27. The molecule has 1 aliphatic rings. The fourth-order valence-corrected chi connectivity index (χ4v) is 2.19. The quantitative estimate of drug-likeness (QED) is 0.832. The van der Waals surface area contributed by atoms with E-state index in [0.717, 1.165) is 6.42 Å². The standard InChI is InChI=1S/C12H14BrNO4/c13-7-6-9-12(18-5-1-4-17-9)10(11(7)16)8(15)2-3-14/h6,16H,1-5,14H2. The van der Waals surface area contributed by atoms with Crippen molar-refractivity contribution in [3.63, 3.8) is 0 Å². The molecule has 6 heteroatoms. The van der Waals surface area contributed by atoms with Gasteiger partial charge in [-0.3, -0.25) is 4.79 Å². The van der Waals surface area contributed by atoms with Crippen molar-refractivity contribution >= 4 is 21.7 Å². The third-order valence-corrected chi connectivity index (χ3v) is 3.22. The Morgan fingerprint density at radius 3 is 2.89 bits per heavy atom. The Balaban J connectivity index is 2.54. The minimum Gasteiger partial charge on any atom is -0.506 e. The molecule has 2 rings (SSSR count). The number of hydrogen-bond donors (Lipinski definition) is 2. The summed E-state index contributed by atoms with van der Waals surface area (Å²) in [5.74, 6) is 0.403. The highest BCUT2D eigenvalue weighted by Crippen LogP contribution is 2.43. The van der Waals surface area contributed by atoms with Gasteiger partial charge in [-0.15, -0.1) is 0 Å². The first kappa shape index (κ1) is 13.2. The van der Waals surface area contributed by atoms with Crippen LogP contribution in [0.3, 0.4) is 0 Å². The zero-order chi connectivity index (χ0) is 13.1. The van der Waals surface area contributed by atoms with Crippen LogP contribution in [-0.2, 0) is 0 Å². The van der Waals surface area contributed by atoms with Crippen LogP contribution < -0.4 is 15.2 Å². The molecule has 0 unspecified atom stereocenters. The highest BCUT2D eigenvalue weighted by atomic mass is 79.9. The van der Waals surface area contributed by atoms with Gasteiger partial charge in [0.25, 0.3) is 0 Å². The Kier molecular flexibility index (Phi) is 4.08. The lowest BCUT2D eigenvalue weighted by atomic mass is 10.1. The van der Waals surface area contributed by atoms with Crippen LogP contribution in [0.5, 0.6) is 17.2 Å². The molecule has 0 saturated heterocycles. The summed E-state index contributed by atoms with van der Waals surface area (Å²) in [7, 11) is 0. The first-order chi connectivity index (χ1) is 8.65. The lowest BCUT2D eigenvalue weighted by Gasteiger charge is -2.14. The van der Waals surface area contributed by atoms with E-state index in [1.807, 2.05) is 0 Å². The zero-order valence-corrected chi connectivity index (χ0v) is 11.3. The van der Waals surface area contributed by atoms with Gasteiger partial charge in [0.05, 0.1) is 17.7 Å². The predicted octanol–water partition coefficient (Wildman–Crippen LogP) is 1.85. The van der Waals surface area contributed by atoms with Crippen molar-refractivity contribution in [3.8, 4) is 17.2 Å². The molecule has 0 radical (unpaired) electrons. The number of hydrogen-bond acceptors (Lipinski definition) is 5. The second-order valence-electron chi connectivity index (χ2n) is 3.92. The minimum absolute atomic E-state index is 0.127. The second kappa shape index (κ2) is 5.58. The van der Waals surface area contributed by atoms with Gasteiger partial charge >= 0.3 is 0 Å². The molecule has 0 aromatic heterocycles. The van der Waals surface area contributed by atoms with E-state index < -0.39 is 0 Å². The molecule has 5 nitrogen and oxygen atoms in total. The van der Waals surface area contributed by atoms with Crippen LogP contribution in [0.2, 0.25) is 0 Å². The maximum atomic E-state index is 12.0. The summed E-state index contributed by atoms with van der Waals surface area (Å²) < 4.78 is 11.4. The average molecular weight is 316 g/mol. The van der Waals surface area contributed by atoms with E-state index in [4.69, 9.17) is 15.2 Å². The van der Waals surface area contributed by atoms with Crippen molar-refractivity contribution in [1.82, 2.24) is 0 Å². The molecule has 0 saturated carbocycles. The van der Waals surface area contributed by atoms with Crippen molar-refractivity contribution in [3.05, 3.63) is 16.1 Å². The summed E-state index contributed by atoms with van der Waals surface area (Å²) in [6.45, 7) is 1.20. The molecule has 1 heterocycles. The van der Waals surface area contributed by atoms with Gasteiger partial charge in [-0.05, 0) is 22.5 Å². The van der Waals surface area contributed by atoms with E-state index in [1.54, 1.807) is 6.07 Å². The van der Waals surface area contributed by atoms with Crippen LogP contribution in [0.15, 0.2) is 10.5 Å². The molecule has 0 amide bonds. The van der Waals surface area contributed by atoms with Crippen LogP contribution in [0.25, 0.3) is 0 Å². The van der Waals surface area contributed by atoms with Gasteiger partial charge in [0.2, 0.25) is 0 Å². The highest BCUT2D eigenvalue weighted by Gasteiger charge is 2.25. The van der Waals surface area contributed by atoms with Gasteiger partial charge in [-0.1, -0.05) is 0 Å². The number of ether oxygens (including phenoxy) is 2. The Labute approximate surface area is 113 Å². The van der Waals surface area contributed by atoms with Crippen LogP contribution in [0.4, 0.5) is 0 Å². The van der Waals surface area contributed by atoms with E-state index >= 15 is 0 Å². The molecule has 0 fully saturated rings. The van der Waals surface area contributed by atoms with Gasteiger partial charge in [0.15, 0.2) is 17.3 Å². The maximum Gasteiger partial charge on any atom is 0.175 e. The molecular formula is C12H14BrNO4. The number of aromatic hydroxyl groups is 1. The van der Waals surface area contributed by atoms with Crippen LogP contribution in [0.1, 0.15) is 23.2 Å². The van der Waals surface area contributed by atoms with Gasteiger partial charge in [-0.2, -0.15) is 0 Å². The number of benzene rings is 1. The van der Waals surface area contributed by atoms with Crippen LogP contribution in [-0.4, -0.2) is 30.6 Å². The van der Waals surface area contributed by atoms with Gasteiger partial charge in [0, 0.05) is 18.9 Å². The van der Waals surface area contributed by atoms with E-state index in [-0.39, 0.29) is 30.1 Å². The molecule has 0 bridgehead atoms. The van der Waals surface area contributed by atoms with Gasteiger partial charge < -0.3 is 20.3 Å². The highest BCUT2D eigenvalue weighted by molar-refractivity contribution is 9.10. The largest absolute Gasteiger partial charge is 0.506 e. The molecule has 1 aromatic rings. The van der Waals surface area contributed by atoms with E-state index in [0.29, 0.717) is 29.2 Å². The lowest BCUT2D eigenvalue weighted by Crippen LogP contribution is -2.10. The molecule has 0 aliphatic carbocycles. The second-order valence-corrected chi connectivity index (χ2v) is 4.78. The molecule has 1 aliphatic heterocycles. The zero-order valence-electron chi connectivity index (χ0n) is 9.74. The number of fused-ring (bicyclic) bond motifs is 1. The topological polar surface area (TPSA) is 81.8 Å². The normalized spacial score (nSPS) is 14.1. The molecule has 3 N–H and O–H groups in total. The van der Waals surface area contributed by atoms with Crippen molar-refractivity contribution in [1.29, 1.82) is 0 Å². The average Bonchev–Trinajstić information content (AvgIpc) is 2.56. The Morgan fingerprint density at radius 2 is 2.17 bits per heavy atom. The molecule has 0 atom stereocenters. The first-order valence-corrected chi connectivity index (χ1v) is 6.48. The summed E-state index contributed by atoms with van der Waals surface area (Å²) >= 11 is 3.20. The van der Waals surface area contributed by atoms with Crippen molar-refractivity contribution in [2.75, 3.05) is 19.8 Å². The number of ketones is 1. The van der Waals surface area contributed by atoms with Gasteiger partial charge in [0.1, 0.15) is 11.3 Å². The van der Waals surface area contributed by atoms with E-state index in [1.165, 1.54) is 0 Å². The summed E-state index contributed by atoms with van der Waals surface area (Å²) in [4.78, 5) is 12.0. The number of phenolic OH excluding ortho intramolecular Hbond substituents is 1. The number of phenols is 1. The smallest absolute Gasteiger partial charge is 0.175 e. The number of halogens is 1. The van der Waals surface area contributed by atoms with Crippen LogP contribution >= 0.6 is 15.9 Å². The van der Waals surface area contributed by atoms with Gasteiger partial charge in [-0.25, -0.2) is 0 Å². The number of nitrogens with two attached hydrogens (primary N) is 1. The molecule has 0 spiro atoms. The first-order valence-electron chi connectivity index (χ1n) is 5.69. The molecular weight excluding hydrogens is 302 g/mol. The van der Waals surface area contributed by atoms with Crippen molar-refractivity contribution in [2.24, 2.45) is 5.73 Å². The summed E-state index contributed by atoms with van der Waals surface area (Å²) in [6.07, 6.45) is 0.886. The number of carbonyl (C=O) groups excluding carboxylic acids is 1. The van der Waals surface area contributed by atoms with E-state index in [2.05, 4.69) is 15.9 Å². The lowest BCUT2D eigenvalue weighted by molar-refractivity contribution is 0.0978. The van der Waals surface area contributed by atoms with Crippen LogP contribution in [0, 0.1) is 0 Å². The SMILES string of the molecule is NCCC(=O)c1c(O)c(Br)cc2c1OCCCO2. The number of carbonyl (C=O) groups is 1. The summed E-state index contributed by atoms with van der Waals surface area (Å²) in [5, 5.41) is 10.00. The Bertz CT molecular complexity index is 476. The third-order valence-electron chi connectivity index (χ3n) is 2.61. The molecule has 1 aromatic carbocycles. The number of rotatable bonds is 3. The summed E-state index contributed by atoms with van der Waals surface area (Å²) in [5.41, 5.74) is 5.52. The number of Topliss-reactive ketones (excluding diaryl/α,β-unsaturated/α-hetero) is 1. The Morgan fingerprint density at radius 1 is 1.44 bits per heavy atom. The summed E-state index contributed by atoms with van der Waals surface area (Å²) in [6, 6.07) is 1.61. The maximum absolute atomic E-state index is 12.0. The van der Waals surface area contributed by atoms with Crippen molar-refractivity contribution < 1.29 is 19.4 Å². The fraction of sp³-hybridized carbons (Fsp3) is 0.417. The fourth-order valence-electron chi connectivity index (χ4n) is 1.78. The van der Waals surface area contributed by atoms with E-state index in [9.17, 15) is 9.90 Å². The molecule has 98 valence electrons. The minimum atomic E-state index is -0.252. The predicted molar refractivity (Wildman–Crippen MR) is 69.4 cm³/mol. The third kappa shape index (κ3) is 2.44. The monoisotopic (exact) mass is 315 g/mol. The molecule has 18 heavy (non-hydrogen) atoms. The van der Waals surface area contributed by atoms with Crippen molar-refractivity contribution in [2.45, 2.75) is 12.8 Å².